The van der Waals surface area contributed by atoms with E-state index < -0.39 is 18.7 Å². The van der Waals surface area contributed by atoms with E-state index in [0.717, 1.165) is 22.3 Å². The molecule has 1 heterocycles. The van der Waals surface area contributed by atoms with E-state index >= 15 is 0 Å². The number of aryl methyl sites for hydroxylation is 1. The van der Waals surface area contributed by atoms with Crippen molar-refractivity contribution in [1.82, 2.24) is 4.98 Å². The molecule has 5 aromatic rings. The monoisotopic (exact) mass is 851 g/mol. The molecule has 0 bridgehead atoms. The molecule has 0 amide bonds. The van der Waals surface area contributed by atoms with E-state index in [-0.39, 0.29) is 37.6 Å². The summed E-state index contributed by atoms with van der Waals surface area (Å²) in [5, 5.41) is 10.5. The fraction of sp³-hybridized carbons (Fsp3) is 0.268. The van der Waals surface area contributed by atoms with E-state index in [9.17, 15) is 9.90 Å². The molecule has 0 spiro atoms. The van der Waals surface area contributed by atoms with Crippen LogP contribution in [0.3, 0.4) is 0 Å². The molecule has 5 heteroatoms. The quantitative estimate of drug-likeness (QED) is 0.0802. The van der Waals surface area contributed by atoms with Crippen LogP contribution < -0.4 is 4.40 Å². The molecule has 1 N–H and O–H groups in total. The van der Waals surface area contributed by atoms with E-state index in [4.69, 9.17) is 4.98 Å². The van der Waals surface area contributed by atoms with Crippen LogP contribution in [0.15, 0.2) is 109 Å². The molecular weight excluding hydrogens is 803 g/mol. The maximum atomic E-state index is 11.3. The van der Waals surface area contributed by atoms with Crippen molar-refractivity contribution < 1.29 is 30.0 Å². The van der Waals surface area contributed by atoms with Crippen molar-refractivity contribution in [3.05, 3.63) is 121 Å². The predicted octanol–water partition coefficient (Wildman–Crippen LogP) is 10.6. The normalized spacial score (nSPS) is 11.9. The number of ketones is 1. The molecule has 5 rings (SSSR count). The van der Waals surface area contributed by atoms with Crippen molar-refractivity contribution in [2.24, 2.45) is 11.3 Å². The number of nitrogens with zero attached hydrogens (tertiary/aromatic N) is 1. The minimum Gasteiger partial charge on any atom is 0 e. The first-order valence-electron chi connectivity index (χ1n) is 15.7. The number of aliphatic hydroxyl groups excluding tert-OH is 1. The molecule has 241 valence electrons. The van der Waals surface area contributed by atoms with Crippen LogP contribution in [-0.2, 0) is 24.9 Å². The Morgan fingerprint density at radius 2 is 1.41 bits per heavy atom. The molecule has 0 fully saturated rings. The molecule has 0 unspecified atom stereocenters. The summed E-state index contributed by atoms with van der Waals surface area (Å²) < 4.78 is 1.50. The van der Waals surface area contributed by atoms with Gasteiger partial charge >= 0.3 is 194 Å². The van der Waals surface area contributed by atoms with Crippen molar-refractivity contribution >= 4 is 34.3 Å². The van der Waals surface area contributed by atoms with Crippen molar-refractivity contribution in [3.63, 3.8) is 0 Å². The molecule has 0 saturated carbocycles. The number of rotatable bonds is 6. The molecular formula is C41H46GeIrNO2-. The van der Waals surface area contributed by atoms with Crippen molar-refractivity contribution in [1.29, 1.82) is 0 Å². The van der Waals surface area contributed by atoms with Crippen LogP contribution in [0, 0.1) is 24.3 Å². The fourth-order valence-electron chi connectivity index (χ4n) is 4.85. The van der Waals surface area contributed by atoms with Gasteiger partial charge in [-0.3, -0.25) is 4.79 Å². The summed E-state index contributed by atoms with van der Waals surface area (Å²) in [6.45, 7) is 11.3. The van der Waals surface area contributed by atoms with E-state index in [0.29, 0.717) is 0 Å². The first-order chi connectivity index (χ1) is 21.1. The molecule has 1 aromatic heterocycles. The number of benzene rings is 4. The molecule has 0 atom stereocenters. The number of pyridine rings is 1. The van der Waals surface area contributed by atoms with Crippen molar-refractivity contribution in [3.8, 4) is 33.5 Å². The molecule has 46 heavy (non-hydrogen) atoms. The van der Waals surface area contributed by atoms with Gasteiger partial charge in [0.05, 0.1) is 5.76 Å². The molecule has 1 radical (unpaired) electrons. The maximum Gasteiger partial charge on any atom is 0 e. The number of fused-ring (bicyclic) bond motifs is 1. The van der Waals surface area contributed by atoms with E-state index in [2.05, 4.69) is 127 Å². The number of hydrogen-bond donors (Lipinski definition) is 1. The average Bonchev–Trinajstić information content (AvgIpc) is 3.00. The zero-order valence-electron chi connectivity index (χ0n) is 28.5. The van der Waals surface area contributed by atoms with Gasteiger partial charge in [-0.2, -0.15) is 0 Å². The number of aromatic nitrogens is 1. The Hall–Kier alpha value is -3.31. The van der Waals surface area contributed by atoms with Crippen LogP contribution in [0.25, 0.3) is 44.4 Å². The van der Waals surface area contributed by atoms with Gasteiger partial charge in [-0.15, -0.1) is 0 Å². The van der Waals surface area contributed by atoms with Gasteiger partial charge in [-0.05, 0) is 0 Å². The standard InChI is InChI=1S/C31H28GeN.C10H18O2.Ir/c1-22-17-25(23-11-7-5-8-12-23)19-26(18-22)31-21-28(24-13-9-6-10-14-24)29-20-27(32(2,3)4)15-16-30(29)33-31;1-7(2)8(11)6-9(12)10(3,4)5;/h5-17,19-21H,1-4H3;6-7,11H,1-5H3;/q-1;;/b;8-6-;. The van der Waals surface area contributed by atoms with E-state index in [1.165, 1.54) is 38.1 Å². The van der Waals surface area contributed by atoms with Crippen LogP contribution in [0.5, 0.6) is 0 Å². The second-order valence-corrected chi connectivity index (χ2v) is 24.7. The van der Waals surface area contributed by atoms with Crippen LogP contribution in [0.4, 0.5) is 0 Å². The van der Waals surface area contributed by atoms with Gasteiger partial charge in [0.15, 0.2) is 5.78 Å². The summed E-state index contributed by atoms with van der Waals surface area (Å²) in [7, 11) is 0. The largest absolute Gasteiger partial charge is 0 e. The Kier molecular flexibility index (Phi) is 12.5. The van der Waals surface area contributed by atoms with Crippen molar-refractivity contribution in [2.75, 3.05) is 0 Å². The van der Waals surface area contributed by atoms with Crippen LogP contribution in [0.1, 0.15) is 40.2 Å². The second kappa shape index (κ2) is 15.5. The Morgan fingerprint density at radius 1 is 0.826 bits per heavy atom. The SMILES string of the molecule is CC(C)/C(O)=C/C(=O)C(C)(C)C.Cc1[c-]c(-c2cc(-c3ccccc3)c3c[c]([Ge]([CH3])([CH3])[CH3])ccc3n2)cc(-c2ccccc2)c1.[Ir]. The zero-order chi connectivity index (χ0) is 32.9. The molecule has 0 aliphatic heterocycles. The third kappa shape index (κ3) is 9.61. The van der Waals surface area contributed by atoms with Crippen LogP contribution >= 0.6 is 0 Å². The first kappa shape index (κ1) is 37.2. The number of carbonyl (C=O) groups is 1. The predicted molar refractivity (Wildman–Crippen MR) is 195 cm³/mol. The number of allylic oxidation sites excluding steroid dienone is 2. The van der Waals surface area contributed by atoms with Gasteiger partial charge in [0.1, 0.15) is 0 Å². The third-order valence-corrected chi connectivity index (χ3v) is 12.0. The zero-order valence-corrected chi connectivity index (χ0v) is 33.0. The van der Waals surface area contributed by atoms with Crippen LogP contribution in [-0.4, -0.2) is 29.1 Å². The van der Waals surface area contributed by atoms with Crippen LogP contribution in [0.2, 0.25) is 17.3 Å². The summed E-state index contributed by atoms with van der Waals surface area (Å²) >= 11 is -1.97. The third-order valence-electron chi connectivity index (χ3n) is 7.76. The average molecular weight is 850 g/mol. The summed E-state index contributed by atoms with van der Waals surface area (Å²) in [5.74, 6) is 7.48. The number of aliphatic hydroxyl groups is 1. The van der Waals surface area contributed by atoms with Gasteiger partial charge in [0.25, 0.3) is 0 Å². The van der Waals surface area contributed by atoms with Gasteiger partial charge in [-0.25, -0.2) is 0 Å². The van der Waals surface area contributed by atoms with Gasteiger partial charge in [-0.1, -0.05) is 40.7 Å². The molecule has 0 saturated heterocycles. The smallest absolute Gasteiger partial charge is 0 e. The minimum atomic E-state index is -1.97. The summed E-state index contributed by atoms with van der Waals surface area (Å²) in [6, 6.07) is 38.3. The Bertz CT molecular complexity index is 1820. The molecule has 0 aliphatic rings. The van der Waals surface area contributed by atoms with Crippen molar-refractivity contribution in [2.45, 2.75) is 58.8 Å². The molecule has 0 aliphatic carbocycles. The minimum absolute atomic E-state index is 0. The van der Waals surface area contributed by atoms with E-state index in [1.807, 2.05) is 34.6 Å². The summed E-state index contributed by atoms with van der Waals surface area (Å²) in [6.07, 6.45) is 1.32. The molecule has 4 aromatic carbocycles. The second-order valence-electron chi connectivity index (χ2n) is 14.1. The van der Waals surface area contributed by atoms with Gasteiger partial charge in [0, 0.05) is 37.5 Å². The first-order valence-corrected chi connectivity index (χ1v) is 23.0. The maximum absolute atomic E-state index is 11.3. The Balaban J connectivity index is 0.000000380. The Morgan fingerprint density at radius 3 is 1.96 bits per heavy atom. The number of carbonyl (C=O) groups excluding carboxylic acids is 1. The van der Waals surface area contributed by atoms with E-state index in [1.54, 1.807) is 0 Å². The number of hydrogen-bond acceptors (Lipinski definition) is 3. The fourth-order valence-corrected chi connectivity index (χ4v) is 7.29. The Labute approximate surface area is 291 Å². The van der Waals surface area contributed by atoms with Gasteiger partial charge in [0.2, 0.25) is 0 Å². The van der Waals surface area contributed by atoms with Gasteiger partial charge < -0.3 is 5.11 Å². The summed E-state index contributed by atoms with van der Waals surface area (Å²) in [4.78, 5) is 16.5. The summed E-state index contributed by atoms with van der Waals surface area (Å²) in [5.41, 5.74) is 8.62. The molecule has 3 nitrogen and oxygen atoms in total. The topological polar surface area (TPSA) is 50.2 Å².